The molecule has 2 N–H and O–H groups in total. The van der Waals surface area contributed by atoms with Gasteiger partial charge >= 0.3 is 0 Å². The van der Waals surface area contributed by atoms with Crippen LogP contribution in [0.4, 0.5) is 0 Å². The topological polar surface area (TPSA) is 112 Å². The van der Waals surface area contributed by atoms with Gasteiger partial charge in [0.25, 0.3) is 20.2 Å². The molecule has 2 rings (SSSR count). The molecule has 0 aliphatic carbocycles. The van der Waals surface area contributed by atoms with Crippen molar-refractivity contribution in [1.29, 1.82) is 0 Å². The molecular weight excluding hydrogens is 366 g/mol. The summed E-state index contributed by atoms with van der Waals surface area (Å²) < 4.78 is 60.5. The Balaban J connectivity index is 0.000000257. The first-order valence-corrected chi connectivity index (χ1v) is 10.6. The molecule has 1 aromatic carbocycles. The van der Waals surface area contributed by atoms with Crippen LogP contribution in [-0.4, -0.2) is 42.8 Å². The van der Waals surface area contributed by atoms with Gasteiger partial charge in [0.15, 0.2) is 5.37 Å². The number of unbranched alkanes of at least 4 members (excludes halogenated alkanes) is 1. The van der Waals surface area contributed by atoms with Crippen molar-refractivity contribution in [3.8, 4) is 0 Å². The molecule has 0 radical (unpaired) electrons. The fourth-order valence-corrected chi connectivity index (χ4v) is 3.33. The molecule has 1 unspecified atom stereocenters. The Morgan fingerprint density at radius 1 is 1.04 bits per heavy atom. The number of hydrogen-bond donors (Lipinski definition) is 2. The van der Waals surface area contributed by atoms with Crippen LogP contribution in [0.25, 0.3) is 0 Å². The van der Waals surface area contributed by atoms with Crippen LogP contribution in [0.1, 0.15) is 25.3 Å². The van der Waals surface area contributed by atoms with E-state index in [4.69, 9.17) is 9.11 Å². The van der Waals surface area contributed by atoms with Gasteiger partial charge in [0.1, 0.15) is 0 Å². The molecule has 25 heavy (non-hydrogen) atoms. The van der Waals surface area contributed by atoms with E-state index >= 15 is 0 Å². The summed E-state index contributed by atoms with van der Waals surface area (Å²) in [5.74, 6) is 0. The third kappa shape index (κ3) is 7.39. The van der Waals surface area contributed by atoms with E-state index in [0.717, 1.165) is 18.4 Å². The van der Waals surface area contributed by atoms with Crippen LogP contribution in [0, 0.1) is 6.92 Å². The second-order valence-electron chi connectivity index (χ2n) is 5.51. The third-order valence-corrected chi connectivity index (χ3v) is 5.29. The average molecular weight is 389 g/mol. The van der Waals surface area contributed by atoms with E-state index < -0.39 is 25.6 Å². The molecule has 1 atom stereocenters. The molecule has 7 nitrogen and oxygen atoms in total. The van der Waals surface area contributed by atoms with E-state index in [-0.39, 0.29) is 4.90 Å². The monoisotopic (exact) mass is 389 g/mol. The zero-order valence-electron chi connectivity index (χ0n) is 14.1. The first-order chi connectivity index (χ1) is 11.6. The molecule has 0 saturated heterocycles. The standard InChI is InChI=1S/C9H15NO3S.C7H8O3S/c1-2-3-7-10-8-5-4-6-9(10)14(11,12)13;1-6-2-4-7(5-3-6)11(8,9)10/h4-6,8-9H,2-3,7H2,1H3,(H,11,12,13);2-5H,1H3,(H,8,9,10). The molecule has 0 bridgehead atoms. The maximum atomic E-state index is 11.0. The minimum absolute atomic E-state index is 0.0666. The summed E-state index contributed by atoms with van der Waals surface area (Å²) in [6, 6.07) is 5.99. The fourth-order valence-electron chi connectivity index (χ4n) is 2.04. The Morgan fingerprint density at radius 2 is 1.64 bits per heavy atom. The quantitative estimate of drug-likeness (QED) is 0.744. The van der Waals surface area contributed by atoms with Crippen molar-refractivity contribution in [1.82, 2.24) is 4.90 Å². The van der Waals surface area contributed by atoms with E-state index in [0.29, 0.717) is 6.54 Å². The van der Waals surface area contributed by atoms with Gasteiger partial charge < -0.3 is 4.90 Å². The molecule has 1 aromatic rings. The first-order valence-electron chi connectivity index (χ1n) is 7.67. The van der Waals surface area contributed by atoms with Gasteiger partial charge in [-0.25, -0.2) is 0 Å². The maximum absolute atomic E-state index is 11.0. The normalized spacial score (nSPS) is 17.1. The molecule has 1 aliphatic rings. The van der Waals surface area contributed by atoms with Crippen LogP contribution in [-0.2, 0) is 20.2 Å². The van der Waals surface area contributed by atoms with Crippen LogP contribution in [0.3, 0.4) is 0 Å². The van der Waals surface area contributed by atoms with Gasteiger partial charge in [0, 0.05) is 12.7 Å². The molecule has 0 aromatic heterocycles. The highest BCUT2D eigenvalue weighted by molar-refractivity contribution is 7.86. The van der Waals surface area contributed by atoms with Gasteiger partial charge in [-0.05, 0) is 37.6 Å². The number of benzene rings is 1. The lowest BCUT2D eigenvalue weighted by Gasteiger charge is -2.27. The first kappa shape index (κ1) is 21.4. The van der Waals surface area contributed by atoms with E-state index in [1.165, 1.54) is 18.2 Å². The van der Waals surface area contributed by atoms with E-state index in [1.54, 1.807) is 35.4 Å². The predicted octanol–water partition coefficient (Wildman–Crippen LogP) is 2.63. The van der Waals surface area contributed by atoms with E-state index in [2.05, 4.69) is 0 Å². The molecule has 1 aliphatic heterocycles. The number of nitrogens with zero attached hydrogens (tertiary/aromatic N) is 1. The Hall–Kier alpha value is -1.68. The minimum Gasteiger partial charge on any atom is -0.356 e. The summed E-state index contributed by atoms with van der Waals surface area (Å²) in [4.78, 5) is 1.56. The van der Waals surface area contributed by atoms with Crippen molar-refractivity contribution < 1.29 is 25.9 Å². The fraction of sp³-hybridized carbons (Fsp3) is 0.375. The molecule has 1 heterocycles. The third-order valence-electron chi connectivity index (χ3n) is 3.39. The van der Waals surface area contributed by atoms with Gasteiger partial charge in [-0.2, -0.15) is 16.8 Å². The highest BCUT2D eigenvalue weighted by Crippen LogP contribution is 2.14. The Labute approximate surface area is 149 Å². The number of aryl methyl sites for hydroxylation is 1. The van der Waals surface area contributed by atoms with Crippen molar-refractivity contribution in [2.45, 2.75) is 37.0 Å². The molecule has 9 heteroatoms. The number of allylic oxidation sites excluding steroid dienone is 2. The average Bonchev–Trinajstić information content (AvgIpc) is 2.52. The van der Waals surface area contributed by atoms with Crippen molar-refractivity contribution in [3.05, 3.63) is 54.3 Å². The summed E-state index contributed by atoms with van der Waals surface area (Å²) >= 11 is 0. The van der Waals surface area contributed by atoms with Crippen LogP contribution < -0.4 is 0 Å². The Morgan fingerprint density at radius 3 is 2.12 bits per heavy atom. The van der Waals surface area contributed by atoms with Crippen LogP contribution in [0.2, 0.25) is 0 Å². The van der Waals surface area contributed by atoms with Crippen LogP contribution in [0.15, 0.2) is 53.6 Å². The van der Waals surface area contributed by atoms with Gasteiger partial charge in [0.05, 0.1) is 4.90 Å². The molecule has 0 spiro atoms. The summed E-state index contributed by atoms with van der Waals surface area (Å²) in [7, 11) is -8.04. The van der Waals surface area contributed by atoms with Gasteiger partial charge in [-0.1, -0.05) is 37.1 Å². The lowest BCUT2D eigenvalue weighted by molar-refractivity contribution is 0.342. The minimum atomic E-state index is -4.02. The zero-order valence-corrected chi connectivity index (χ0v) is 15.7. The lowest BCUT2D eigenvalue weighted by Crippen LogP contribution is -2.37. The van der Waals surface area contributed by atoms with Crippen LogP contribution >= 0.6 is 0 Å². The van der Waals surface area contributed by atoms with Gasteiger partial charge in [-0.3, -0.25) is 9.11 Å². The highest BCUT2D eigenvalue weighted by atomic mass is 32.2. The number of hydrogen-bond acceptors (Lipinski definition) is 5. The Kier molecular flexibility index (Phi) is 7.81. The molecule has 0 amide bonds. The maximum Gasteiger partial charge on any atom is 0.294 e. The molecular formula is C16H23NO6S2. The zero-order chi connectivity index (χ0) is 19.1. The lowest BCUT2D eigenvalue weighted by atomic mass is 10.2. The number of rotatable bonds is 5. The molecule has 140 valence electrons. The van der Waals surface area contributed by atoms with Gasteiger partial charge in [-0.15, -0.1) is 0 Å². The van der Waals surface area contributed by atoms with Crippen molar-refractivity contribution in [3.63, 3.8) is 0 Å². The second kappa shape index (κ2) is 9.14. The van der Waals surface area contributed by atoms with Crippen molar-refractivity contribution in [2.75, 3.05) is 6.54 Å². The SMILES string of the molecule is CCCCN1C=CC=CC1S(=O)(=O)O.Cc1ccc(S(=O)(=O)O)cc1. The smallest absolute Gasteiger partial charge is 0.294 e. The summed E-state index contributed by atoms with van der Waals surface area (Å²) in [6.45, 7) is 4.52. The molecule has 0 saturated carbocycles. The second-order valence-corrected chi connectivity index (χ2v) is 8.45. The van der Waals surface area contributed by atoms with Gasteiger partial charge in [0.2, 0.25) is 0 Å². The summed E-state index contributed by atoms with van der Waals surface area (Å²) in [5.41, 5.74) is 0.956. The molecule has 0 fully saturated rings. The Bertz CT molecular complexity index is 811. The highest BCUT2D eigenvalue weighted by Gasteiger charge is 2.25. The van der Waals surface area contributed by atoms with E-state index in [9.17, 15) is 16.8 Å². The largest absolute Gasteiger partial charge is 0.356 e. The predicted molar refractivity (Wildman–Crippen MR) is 96.2 cm³/mol. The van der Waals surface area contributed by atoms with E-state index in [1.807, 2.05) is 13.8 Å². The van der Waals surface area contributed by atoms with Crippen LogP contribution in [0.5, 0.6) is 0 Å². The van der Waals surface area contributed by atoms with Crippen molar-refractivity contribution in [2.24, 2.45) is 0 Å². The van der Waals surface area contributed by atoms with Crippen molar-refractivity contribution >= 4 is 20.2 Å². The summed E-state index contributed by atoms with van der Waals surface area (Å²) in [6.07, 6.45) is 8.45. The summed E-state index contributed by atoms with van der Waals surface area (Å²) in [5, 5.41) is -0.918.